The lowest BCUT2D eigenvalue weighted by molar-refractivity contribution is -0.120. The van der Waals surface area contributed by atoms with E-state index in [9.17, 15) is 22.4 Å². The van der Waals surface area contributed by atoms with E-state index >= 15 is 0 Å². The molecule has 2 N–H and O–H groups in total. The van der Waals surface area contributed by atoms with E-state index in [1.807, 2.05) is 0 Å². The summed E-state index contributed by atoms with van der Waals surface area (Å²) in [5.74, 6) is -1.43. The van der Waals surface area contributed by atoms with Gasteiger partial charge in [-0.25, -0.2) is 12.8 Å². The van der Waals surface area contributed by atoms with Crippen LogP contribution in [0.2, 0.25) is 0 Å². The van der Waals surface area contributed by atoms with Gasteiger partial charge in [0, 0.05) is 32.2 Å². The highest BCUT2D eigenvalue weighted by Gasteiger charge is 2.32. The second-order valence-corrected chi connectivity index (χ2v) is 10.5. The van der Waals surface area contributed by atoms with E-state index in [0.29, 0.717) is 37.2 Å². The normalized spacial score (nSPS) is 19.6. The molecule has 2 aliphatic heterocycles. The number of sulfonamides is 1. The maximum atomic E-state index is 13.1. The second-order valence-electron chi connectivity index (χ2n) is 8.51. The molecule has 0 aromatic heterocycles. The first-order chi connectivity index (χ1) is 16.3. The molecule has 2 amide bonds. The van der Waals surface area contributed by atoms with Gasteiger partial charge in [0.05, 0.1) is 22.3 Å². The second kappa shape index (κ2) is 10.6. The van der Waals surface area contributed by atoms with Crippen LogP contribution in [0.4, 0.5) is 10.1 Å². The van der Waals surface area contributed by atoms with Crippen molar-refractivity contribution in [1.82, 2.24) is 9.62 Å². The van der Waals surface area contributed by atoms with Gasteiger partial charge >= 0.3 is 0 Å². The van der Waals surface area contributed by atoms with E-state index in [-0.39, 0.29) is 41.8 Å². The summed E-state index contributed by atoms with van der Waals surface area (Å²) in [6.07, 6.45) is 2.60. The van der Waals surface area contributed by atoms with Crippen LogP contribution >= 0.6 is 0 Å². The summed E-state index contributed by atoms with van der Waals surface area (Å²) < 4.78 is 45.6. The molecular weight excluding hydrogens is 461 g/mol. The Hall–Kier alpha value is -2.82. The number of nitrogens with one attached hydrogen (secondary N) is 2. The lowest BCUT2D eigenvalue weighted by Gasteiger charge is -2.30. The minimum atomic E-state index is -3.75. The lowest BCUT2D eigenvalue weighted by Crippen LogP contribution is -2.41. The summed E-state index contributed by atoms with van der Waals surface area (Å²) in [6, 6.07) is 11.5. The summed E-state index contributed by atoms with van der Waals surface area (Å²) in [4.78, 5) is 25.6. The molecule has 1 atom stereocenters. The van der Waals surface area contributed by atoms with Crippen molar-refractivity contribution in [3.05, 3.63) is 59.9 Å². The fourth-order valence-electron chi connectivity index (χ4n) is 4.25. The highest BCUT2D eigenvalue weighted by atomic mass is 32.2. The third kappa shape index (κ3) is 5.63. The fraction of sp³-hybridized carbons (Fsp3) is 0.417. The molecule has 0 aliphatic carbocycles. The van der Waals surface area contributed by atoms with Gasteiger partial charge in [-0.2, -0.15) is 4.31 Å². The van der Waals surface area contributed by atoms with Crippen LogP contribution in [0.1, 0.15) is 36.0 Å². The molecule has 4 rings (SSSR count). The maximum absolute atomic E-state index is 13.1. The van der Waals surface area contributed by atoms with Crippen LogP contribution in [0.15, 0.2) is 53.4 Å². The standard InChI is InChI=1S/C24H28FN3O5S/c25-18-7-9-20(10-8-18)34(31,32)28-13-11-17(12-14-28)23(29)27-22-6-2-1-5-21(22)24(30)26-16-19-4-3-15-33-19/h1-2,5-10,17,19H,3-4,11-16H2,(H,26,30)(H,27,29)/t19-/m0/s1. The number of piperidine rings is 1. The van der Waals surface area contributed by atoms with Gasteiger partial charge in [-0.1, -0.05) is 12.1 Å². The highest BCUT2D eigenvalue weighted by molar-refractivity contribution is 7.89. The van der Waals surface area contributed by atoms with Gasteiger partial charge in [-0.3, -0.25) is 9.59 Å². The Labute approximate surface area is 198 Å². The van der Waals surface area contributed by atoms with Crippen LogP contribution in [-0.4, -0.2) is 56.9 Å². The molecule has 8 nitrogen and oxygen atoms in total. The highest BCUT2D eigenvalue weighted by Crippen LogP contribution is 2.26. The van der Waals surface area contributed by atoms with Crippen molar-refractivity contribution < 1.29 is 27.1 Å². The molecule has 0 saturated carbocycles. The number of rotatable bonds is 7. The Balaban J connectivity index is 1.34. The van der Waals surface area contributed by atoms with Crippen LogP contribution < -0.4 is 10.6 Å². The average Bonchev–Trinajstić information content (AvgIpc) is 3.37. The van der Waals surface area contributed by atoms with E-state index in [1.165, 1.54) is 16.4 Å². The van der Waals surface area contributed by atoms with Crippen LogP contribution in [0.25, 0.3) is 0 Å². The Morgan fingerprint density at radius 2 is 1.74 bits per heavy atom. The number of halogens is 1. The fourth-order valence-corrected chi connectivity index (χ4v) is 5.72. The van der Waals surface area contributed by atoms with Crippen molar-refractivity contribution in [2.45, 2.75) is 36.7 Å². The number of benzene rings is 2. The first-order valence-electron chi connectivity index (χ1n) is 11.4. The molecule has 2 fully saturated rings. The van der Waals surface area contributed by atoms with Gasteiger partial charge in [-0.15, -0.1) is 0 Å². The summed E-state index contributed by atoms with van der Waals surface area (Å²) >= 11 is 0. The molecule has 2 aliphatic rings. The number of hydrogen-bond acceptors (Lipinski definition) is 5. The number of nitrogens with zero attached hydrogens (tertiary/aromatic N) is 1. The van der Waals surface area contributed by atoms with Gasteiger partial charge in [0.2, 0.25) is 15.9 Å². The van der Waals surface area contributed by atoms with E-state index in [2.05, 4.69) is 10.6 Å². The molecule has 0 spiro atoms. The van der Waals surface area contributed by atoms with Crippen LogP contribution in [-0.2, 0) is 19.6 Å². The van der Waals surface area contributed by atoms with E-state index in [0.717, 1.165) is 25.0 Å². The molecule has 2 heterocycles. The molecule has 182 valence electrons. The number of ether oxygens (including phenoxy) is 1. The molecule has 2 aromatic carbocycles. The monoisotopic (exact) mass is 489 g/mol. The van der Waals surface area contributed by atoms with Gasteiger partial charge < -0.3 is 15.4 Å². The predicted octanol–water partition coefficient (Wildman–Crippen LogP) is 2.77. The van der Waals surface area contributed by atoms with Gasteiger partial charge in [0.1, 0.15) is 5.82 Å². The summed E-state index contributed by atoms with van der Waals surface area (Å²) in [7, 11) is -3.75. The molecule has 2 aromatic rings. The number of carbonyl (C=O) groups is 2. The number of carbonyl (C=O) groups excluding carboxylic acids is 2. The number of hydrogen-bond donors (Lipinski definition) is 2. The van der Waals surface area contributed by atoms with Crippen LogP contribution in [0, 0.1) is 11.7 Å². The quantitative estimate of drug-likeness (QED) is 0.622. The van der Waals surface area contributed by atoms with Crippen molar-refractivity contribution in [2.75, 3.05) is 31.6 Å². The molecule has 0 unspecified atom stereocenters. The lowest BCUT2D eigenvalue weighted by atomic mass is 9.97. The molecule has 0 bridgehead atoms. The Bertz CT molecular complexity index is 1130. The third-order valence-corrected chi connectivity index (χ3v) is 8.13. The zero-order valence-corrected chi connectivity index (χ0v) is 19.5. The molecule has 2 saturated heterocycles. The Morgan fingerprint density at radius 1 is 1.03 bits per heavy atom. The maximum Gasteiger partial charge on any atom is 0.253 e. The van der Waals surface area contributed by atoms with Crippen molar-refractivity contribution in [2.24, 2.45) is 5.92 Å². The largest absolute Gasteiger partial charge is 0.376 e. The first-order valence-corrected chi connectivity index (χ1v) is 12.8. The van der Waals surface area contributed by atoms with Gasteiger partial charge in [0.15, 0.2) is 0 Å². The minimum absolute atomic E-state index is 0.0158. The SMILES string of the molecule is O=C(NC[C@@H]1CCCO1)c1ccccc1NC(=O)C1CCN(S(=O)(=O)c2ccc(F)cc2)CC1. The van der Waals surface area contributed by atoms with E-state index < -0.39 is 15.8 Å². The topological polar surface area (TPSA) is 105 Å². The Morgan fingerprint density at radius 3 is 2.41 bits per heavy atom. The van der Waals surface area contributed by atoms with E-state index in [1.54, 1.807) is 24.3 Å². The van der Waals surface area contributed by atoms with Gasteiger partial charge in [-0.05, 0) is 62.1 Å². The van der Waals surface area contributed by atoms with Crippen molar-refractivity contribution >= 4 is 27.5 Å². The molecule has 34 heavy (non-hydrogen) atoms. The van der Waals surface area contributed by atoms with Crippen molar-refractivity contribution in [3.8, 4) is 0 Å². The molecule has 10 heteroatoms. The van der Waals surface area contributed by atoms with E-state index in [4.69, 9.17) is 4.74 Å². The van der Waals surface area contributed by atoms with Gasteiger partial charge in [0.25, 0.3) is 5.91 Å². The number of para-hydroxylation sites is 1. The summed E-state index contributed by atoms with van der Waals surface area (Å²) in [6.45, 7) is 1.49. The number of amides is 2. The zero-order valence-electron chi connectivity index (χ0n) is 18.7. The van der Waals surface area contributed by atoms with Crippen molar-refractivity contribution in [1.29, 1.82) is 0 Å². The summed E-state index contributed by atoms with van der Waals surface area (Å²) in [5.41, 5.74) is 0.781. The average molecular weight is 490 g/mol. The molecular formula is C24H28FN3O5S. The smallest absolute Gasteiger partial charge is 0.253 e. The first kappa shape index (κ1) is 24.3. The van der Waals surface area contributed by atoms with Crippen molar-refractivity contribution in [3.63, 3.8) is 0 Å². The third-order valence-electron chi connectivity index (χ3n) is 6.22. The number of anilines is 1. The zero-order chi connectivity index (χ0) is 24.1. The summed E-state index contributed by atoms with van der Waals surface area (Å²) in [5, 5.41) is 5.70. The minimum Gasteiger partial charge on any atom is -0.376 e. The predicted molar refractivity (Wildman–Crippen MR) is 124 cm³/mol. The Kier molecular flexibility index (Phi) is 7.60. The van der Waals surface area contributed by atoms with Crippen LogP contribution in [0.3, 0.4) is 0 Å². The van der Waals surface area contributed by atoms with Crippen LogP contribution in [0.5, 0.6) is 0 Å². The molecule has 0 radical (unpaired) electrons.